The molecule has 0 aromatic rings. The largest absolute Gasteiger partial charge is 0.179 e. The van der Waals surface area contributed by atoms with Gasteiger partial charge in [0.25, 0.3) is 0 Å². The van der Waals surface area contributed by atoms with Gasteiger partial charge in [-0.25, -0.2) is 0 Å². The SMILES string of the molecule is BrN(Br)C(Br)(Br)C(Br)(Br)C(Br)(Br)C(Br)(Br)C(Br)(Br)Br. The van der Waals surface area contributed by atoms with Crippen molar-refractivity contribution in [3.8, 4) is 0 Å². The van der Waals surface area contributed by atoms with E-state index in [0.29, 0.717) is 0 Å². The van der Waals surface area contributed by atoms with Crippen molar-refractivity contribution in [1.82, 2.24) is 2.95 Å². The van der Waals surface area contributed by atoms with E-state index in [-0.39, 0.29) is 0 Å². The average Bonchev–Trinajstić information content (AvgIpc) is 2.14. The molecule has 0 aromatic carbocycles. The maximum Gasteiger partial charge on any atom is 0.179 e. The summed E-state index contributed by atoms with van der Waals surface area (Å²) in [6.45, 7) is 0. The van der Waals surface area contributed by atoms with Gasteiger partial charge in [-0.3, -0.25) is 0 Å². The lowest BCUT2D eigenvalue weighted by atomic mass is 10.2. The van der Waals surface area contributed by atoms with Gasteiger partial charge in [-0.2, -0.15) is 0 Å². The Bertz CT molecular complexity index is 326. The van der Waals surface area contributed by atoms with Crippen LogP contribution in [0.4, 0.5) is 0 Å². The maximum absolute atomic E-state index is 3.68. The van der Waals surface area contributed by atoms with E-state index in [1.807, 2.05) is 0 Å². The molecule has 0 rings (SSSR count). The molecule has 14 heteroatoms. The molecule has 0 unspecified atom stereocenters. The summed E-state index contributed by atoms with van der Waals surface area (Å²) in [5.74, 6) is 0. The summed E-state index contributed by atoms with van der Waals surface area (Å²) in [5, 5.41) is 0. The van der Waals surface area contributed by atoms with Crippen LogP contribution in [0.15, 0.2) is 0 Å². The zero-order valence-electron chi connectivity index (χ0n) is 7.86. The zero-order chi connectivity index (χ0) is 16.1. The molecule has 0 aliphatic carbocycles. The molecule has 0 aliphatic heterocycles. The lowest BCUT2D eigenvalue weighted by Gasteiger charge is -2.51. The van der Waals surface area contributed by atoms with Crippen molar-refractivity contribution in [3.63, 3.8) is 0 Å². The van der Waals surface area contributed by atoms with E-state index in [9.17, 15) is 0 Å². The summed E-state index contributed by atoms with van der Waals surface area (Å²) in [7, 11) is 0. The van der Waals surface area contributed by atoms with Crippen molar-refractivity contribution < 1.29 is 0 Å². The standard InChI is InChI=1S/C5Br13N/c6-1(7,2(8,9)4(12,13)14)3(10,11)5(15,16)19(17)18. The molecule has 0 saturated carbocycles. The number of nitrogens with zero attached hydrogens (tertiary/aromatic N) is 1. The molecule has 0 aromatic heterocycles. The van der Waals surface area contributed by atoms with Gasteiger partial charge in [0.2, 0.25) is 0 Å². The Kier molecular flexibility index (Phi) is 11.2. The third-order valence-electron chi connectivity index (χ3n) is 1.73. The van der Waals surface area contributed by atoms with Crippen LogP contribution >= 0.6 is 208 Å². The highest BCUT2D eigenvalue weighted by Gasteiger charge is 2.70. The molecule has 19 heavy (non-hydrogen) atoms. The molecule has 0 spiro atoms. The first kappa shape index (κ1) is 25.2. The van der Waals surface area contributed by atoms with Gasteiger partial charge in [0.15, 0.2) is 5.50 Å². The number of alkyl halides is 11. The molecular formula is C5Br13N. The van der Waals surface area contributed by atoms with E-state index in [4.69, 9.17) is 0 Å². The molecule has 0 amide bonds. The van der Waals surface area contributed by atoms with Gasteiger partial charge in [-0.05, 0) is 0 Å². The predicted octanol–water partition coefficient (Wildman–Crippen LogP) is 9.65. The lowest BCUT2D eigenvalue weighted by molar-refractivity contribution is 0.578. The quantitative estimate of drug-likeness (QED) is 0.154. The number of halogens is 13. The normalized spacial score (nSPS) is 16.1. The monoisotopic (exact) mass is 1100 g/mol. The van der Waals surface area contributed by atoms with Crippen LogP contribution in [0.25, 0.3) is 0 Å². The summed E-state index contributed by atoms with van der Waals surface area (Å²) in [6.07, 6.45) is 0. The Morgan fingerprint density at radius 3 is 1.00 bits per heavy atom. The molecule has 0 heterocycles. The summed E-state index contributed by atoms with van der Waals surface area (Å²) in [4.78, 5) is 0. The average molecular weight is 1110 g/mol. The molecule has 0 aliphatic rings. The highest BCUT2D eigenvalue weighted by molar-refractivity contribution is 9.42. The zero-order valence-corrected chi connectivity index (χ0v) is 28.5. The smallest absolute Gasteiger partial charge is 0.148 e. The lowest BCUT2D eigenvalue weighted by Crippen LogP contribution is -2.61. The summed E-state index contributed by atoms with van der Waals surface area (Å²) in [6, 6.07) is 0. The second-order valence-electron chi connectivity index (χ2n) is 3.00. The fraction of sp³-hybridized carbons (Fsp3) is 1.00. The Hall–Kier alpha value is 6.20. The molecule has 0 fully saturated rings. The number of hydrogen-bond donors (Lipinski definition) is 0. The fourth-order valence-corrected chi connectivity index (χ4v) is 10.1. The van der Waals surface area contributed by atoms with Crippen LogP contribution in [0.3, 0.4) is 0 Å². The molecule has 0 N–H and O–H groups in total. The van der Waals surface area contributed by atoms with E-state index in [1.165, 1.54) is 0 Å². The van der Waals surface area contributed by atoms with Gasteiger partial charge in [-0.1, -0.05) is 175 Å². The highest BCUT2D eigenvalue weighted by Crippen LogP contribution is 2.72. The summed E-state index contributed by atoms with van der Waals surface area (Å²) < 4.78 is -2.24. The predicted molar refractivity (Wildman–Crippen MR) is 132 cm³/mol. The Balaban J connectivity index is 5.92. The van der Waals surface area contributed by atoms with E-state index in [2.05, 4.69) is 208 Å². The summed E-state index contributed by atoms with van der Waals surface area (Å²) >= 11 is 46.2. The molecule has 0 atom stereocenters. The van der Waals surface area contributed by atoms with Gasteiger partial charge in [0, 0.05) is 32.3 Å². The van der Waals surface area contributed by atoms with Crippen molar-refractivity contribution in [2.45, 2.75) is 15.2 Å². The number of rotatable bonds is 4. The minimum atomic E-state index is -0.805. The Labute approximate surface area is 221 Å². The molecular weight excluding hydrogens is 1110 g/mol. The van der Waals surface area contributed by atoms with Crippen LogP contribution in [-0.2, 0) is 0 Å². The first-order chi connectivity index (χ1) is 7.94. The summed E-state index contributed by atoms with van der Waals surface area (Å²) in [5.41, 5.74) is 0. The van der Waals surface area contributed by atoms with Gasteiger partial charge >= 0.3 is 0 Å². The molecule has 0 radical (unpaired) electrons. The van der Waals surface area contributed by atoms with Gasteiger partial charge < -0.3 is 0 Å². The van der Waals surface area contributed by atoms with Crippen molar-refractivity contribution in [1.29, 1.82) is 0 Å². The second kappa shape index (κ2) is 8.48. The Morgan fingerprint density at radius 2 is 0.789 bits per heavy atom. The maximum atomic E-state index is 3.68. The van der Waals surface area contributed by atoms with Crippen LogP contribution in [0.1, 0.15) is 0 Å². The minimum absolute atomic E-state index is 0.681. The van der Waals surface area contributed by atoms with Crippen LogP contribution in [-0.4, -0.2) is 18.2 Å². The third kappa shape index (κ3) is 5.13. The molecule has 1 nitrogen and oxygen atoms in total. The first-order valence-electron chi connectivity index (χ1n) is 3.64. The number of hydrogen-bond acceptors (Lipinski definition) is 1. The van der Waals surface area contributed by atoms with E-state index in [1.54, 1.807) is 2.95 Å². The highest BCUT2D eigenvalue weighted by atomic mass is 80.0. The second-order valence-corrected chi connectivity index (χ2v) is 25.8. The van der Waals surface area contributed by atoms with E-state index < -0.39 is 15.2 Å². The topological polar surface area (TPSA) is 3.24 Å². The van der Waals surface area contributed by atoms with E-state index in [0.717, 1.165) is 0 Å². The van der Waals surface area contributed by atoms with Crippen molar-refractivity contribution in [3.05, 3.63) is 0 Å². The van der Waals surface area contributed by atoms with Crippen LogP contribution in [0.2, 0.25) is 0 Å². The van der Waals surface area contributed by atoms with Crippen LogP contribution in [0, 0.1) is 0 Å². The van der Waals surface area contributed by atoms with Crippen molar-refractivity contribution >= 4 is 208 Å². The molecule has 0 bridgehead atoms. The molecule has 116 valence electrons. The van der Waals surface area contributed by atoms with Gasteiger partial charge in [0.05, 0.1) is 0 Å². The third-order valence-corrected chi connectivity index (χ3v) is 25.1. The van der Waals surface area contributed by atoms with Gasteiger partial charge in [0.1, 0.15) is 9.70 Å². The van der Waals surface area contributed by atoms with Crippen LogP contribution < -0.4 is 0 Å². The minimum Gasteiger partial charge on any atom is -0.148 e. The first-order valence-corrected chi connectivity index (χ1v) is 13.8. The van der Waals surface area contributed by atoms with E-state index >= 15 is 0 Å². The van der Waals surface area contributed by atoms with Crippen molar-refractivity contribution in [2.24, 2.45) is 0 Å². The van der Waals surface area contributed by atoms with Gasteiger partial charge in [-0.15, -0.1) is 2.95 Å². The molecule has 0 saturated heterocycles. The van der Waals surface area contributed by atoms with Crippen LogP contribution in [0.5, 0.6) is 0 Å². The Morgan fingerprint density at radius 1 is 0.474 bits per heavy atom. The fourth-order valence-electron chi connectivity index (χ4n) is 0.670. The van der Waals surface area contributed by atoms with Crippen molar-refractivity contribution in [2.75, 3.05) is 0 Å².